The van der Waals surface area contributed by atoms with Gasteiger partial charge in [-0.3, -0.25) is 0 Å². The van der Waals surface area contributed by atoms with Crippen LogP contribution in [-0.2, 0) is 4.74 Å². The minimum atomic E-state index is -0.526. The van der Waals surface area contributed by atoms with Gasteiger partial charge in [0, 0.05) is 24.6 Å². The molecular formula is C11H18N2O2. The van der Waals surface area contributed by atoms with Crippen molar-refractivity contribution in [3.05, 3.63) is 23.3 Å². The smallest absolute Gasteiger partial charge is 0.157 e. The van der Waals surface area contributed by atoms with E-state index in [4.69, 9.17) is 4.74 Å². The van der Waals surface area contributed by atoms with E-state index in [0.29, 0.717) is 5.82 Å². The van der Waals surface area contributed by atoms with E-state index in [1.165, 1.54) is 0 Å². The summed E-state index contributed by atoms with van der Waals surface area (Å²) in [5, 5.41) is 9.44. The summed E-state index contributed by atoms with van der Waals surface area (Å²) in [6.07, 6.45) is 1.92. The summed E-state index contributed by atoms with van der Waals surface area (Å²) in [5.41, 5.74) is 1.58. The molecule has 1 aromatic rings. The predicted octanol–water partition coefficient (Wildman–Crippen LogP) is 1.94. The summed E-state index contributed by atoms with van der Waals surface area (Å²) in [4.78, 5) is 8.55. The van der Waals surface area contributed by atoms with Crippen LogP contribution in [0.4, 0.5) is 0 Å². The first kappa shape index (κ1) is 12.1. The van der Waals surface area contributed by atoms with Crippen LogP contribution in [0.15, 0.2) is 6.20 Å². The maximum atomic E-state index is 9.44. The maximum Gasteiger partial charge on any atom is 0.157 e. The molecule has 0 saturated heterocycles. The van der Waals surface area contributed by atoms with Crippen LogP contribution in [0.5, 0.6) is 0 Å². The van der Waals surface area contributed by atoms with Crippen LogP contribution in [0.2, 0.25) is 0 Å². The van der Waals surface area contributed by atoms with Crippen molar-refractivity contribution < 1.29 is 9.84 Å². The number of aliphatic hydroxyl groups excluding tert-OH is 1. The number of methoxy groups -OCH3 is 1. The minimum absolute atomic E-state index is 0.0632. The summed E-state index contributed by atoms with van der Waals surface area (Å²) in [5.74, 6) is 0.682. The van der Waals surface area contributed by atoms with Crippen LogP contribution in [0.3, 0.4) is 0 Å². The summed E-state index contributed by atoms with van der Waals surface area (Å²) < 4.78 is 5.25. The molecule has 0 saturated carbocycles. The summed E-state index contributed by atoms with van der Waals surface area (Å²) >= 11 is 0. The predicted molar refractivity (Wildman–Crippen MR) is 57.4 cm³/mol. The van der Waals surface area contributed by atoms with E-state index >= 15 is 0 Å². The van der Waals surface area contributed by atoms with Crippen molar-refractivity contribution in [1.29, 1.82) is 0 Å². The first-order valence-electron chi connectivity index (χ1n) is 5.14. The van der Waals surface area contributed by atoms with Gasteiger partial charge in [0.05, 0.1) is 6.10 Å². The highest BCUT2D eigenvalue weighted by atomic mass is 16.5. The fraction of sp³-hybridized carbons (Fsp3) is 0.636. The average molecular weight is 210 g/mol. The van der Waals surface area contributed by atoms with E-state index in [0.717, 1.165) is 17.7 Å². The van der Waals surface area contributed by atoms with E-state index in [2.05, 4.69) is 9.97 Å². The Morgan fingerprint density at radius 3 is 2.60 bits per heavy atom. The largest absolute Gasteiger partial charge is 0.389 e. The summed E-state index contributed by atoms with van der Waals surface area (Å²) in [6.45, 7) is 5.60. The lowest BCUT2D eigenvalue weighted by Crippen LogP contribution is -2.09. The van der Waals surface area contributed by atoms with Crippen molar-refractivity contribution >= 4 is 0 Å². The zero-order valence-corrected chi connectivity index (χ0v) is 9.69. The van der Waals surface area contributed by atoms with E-state index in [1.54, 1.807) is 20.2 Å². The molecular weight excluding hydrogens is 192 g/mol. The number of hydrogen-bond donors (Lipinski definition) is 1. The van der Waals surface area contributed by atoms with Gasteiger partial charge < -0.3 is 9.84 Å². The molecule has 15 heavy (non-hydrogen) atoms. The summed E-state index contributed by atoms with van der Waals surface area (Å²) in [7, 11) is 1.65. The third-order valence-electron chi connectivity index (χ3n) is 2.43. The van der Waals surface area contributed by atoms with Gasteiger partial charge in [-0.15, -0.1) is 0 Å². The molecule has 0 radical (unpaired) electrons. The average Bonchev–Trinajstić information content (AvgIpc) is 2.19. The number of aromatic nitrogens is 2. The molecule has 0 aliphatic carbocycles. The number of rotatable bonds is 4. The molecule has 1 rings (SSSR count). The number of hydrogen-bond acceptors (Lipinski definition) is 4. The Kier molecular flexibility index (Phi) is 4.17. The number of aryl methyl sites for hydroxylation is 1. The topological polar surface area (TPSA) is 55.2 Å². The Morgan fingerprint density at radius 2 is 2.20 bits per heavy atom. The zero-order valence-electron chi connectivity index (χ0n) is 9.69. The van der Waals surface area contributed by atoms with Crippen LogP contribution in [-0.4, -0.2) is 22.2 Å². The molecule has 2 atom stereocenters. The Labute approximate surface area is 90.3 Å². The van der Waals surface area contributed by atoms with Crippen LogP contribution in [0.1, 0.15) is 49.6 Å². The number of aliphatic hydroxyl groups is 1. The highest BCUT2D eigenvalue weighted by Crippen LogP contribution is 2.19. The van der Waals surface area contributed by atoms with Gasteiger partial charge in [0.15, 0.2) is 5.82 Å². The van der Waals surface area contributed by atoms with E-state index in [-0.39, 0.29) is 6.10 Å². The molecule has 0 aliphatic heterocycles. The molecule has 84 valence electrons. The SMILES string of the molecule is CCC(OC)c1ncc([C@@H](C)O)c(C)n1. The van der Waals surface area contributed by atoms with Gasteiger partial charge in [0.2, 0.25) is 0 Å². The monoisotopic (exact) mass is 210 g/mol. The molecule has 1 unspecified atom stereocenters. The second-order valence-electron chi connectivity index (χ2n) is 3.58. The fourth-order valence-electron chi connectivity index (χ4n) is 1.51. The maximum absolute atomic E-state index is 9.44. The van der Waals surface area contributed by atoms with Crippen molar-refractivity contribution in [2.45, 2.75) is 39.4 Å². The van der Waals surface area contributed by atoms with Gasteiger partial charge in [-0.2, -0.15) is 0 Å². The lowest BCUT2D eigenvalue weighted by Gasteiger charge is -2.14. The van der Waals surface area contributed by atoms with Gasteiger partial charge >= 0.3 is 0 Å². The van der Waals surface area contributed by atoms with Gasteiger partial charge in [0.25, 0.3) is 0 Å². The van der Waals surface area contributed by atoms with Gasteiger partial charge in [-0.1, -0.05) is 6.92 Å². The molecule has 4 heteroatoms. The van der Waals surface area contributed by atoms with Crippen LogP contribution >= 0.6 is 0 Å². The minimum Gasteiger partial charge on any atom is -0.389 e. The highest BCUT2D eigenvalue weighted by Gasteiger charge is 2.14. The van der Waals surface area contributed by atoms with E-state index < -0.39 is 6.10 Å². The van der Waals surface area contributed by atoms with Gasteiger partial charge in [-0.25, -0.2) is 9.97 Å². The first-order chi connectivity index (χ1) is 7.10. The normalized spacial score (nSPS) is 15.0. The van der Waals surface area contributed by atoms with Gasteiger partial charge in [-0.05, 0) is 20.3 Å². The third kappa shape index (κ3) is 2.73. The third-order valence-corrected chi connectivity index (χ3v) is 2.43. The quantitative estimate of drug-likeness (QED) is 0.825. The zero-order chi connectivity index (χ0) is 11.4. The Hall–Kier alpha value is -1.00. The molecule has 1 N–H and O–H groups in total. The van der Waals surface area contributed by atoms with Crippen molar-refractivity contribution in [3.63, 3.8) is 0 Å². The van der Waals surface area contributed by atoms with Crippen LogP contribution in [0.25, 0.3) is 0 Å². The molecule has 0 spiro atoms. The van der Waals surface area contributed by atoms with Crippen LogP contribution in [0, 0.1) is 6.92 Å². The Morgan fingerprint density at radius 1 is 1.53 bits per heavy atom. The Bertz CT molecular complexity index is 322. The lowest BCUT2D eigenvalue weighted by atomic mass is 10.1. The van der Waals surface area contributed by atoms with E-state index in [9.17, 15) is 5.11 Å². The van der Waals surface area contributed by atoms with Crippen molar-refractivity contribution in [3.8, 4) is 0 Å². The van der Waals surface area contributed by atoms with Crippen molar-refractivity contribution in [1.82, 2.24) is 9.97 Å². The highest BCUT2D eigenvalue weighted by molar-refractivity contribution is 5.18. The second kappa shape index (κ2) is 5.19. The number of nitrogens with zero attached hydrogens (tertiary/aromatic N) is 2. The first-order valence-corrected chi connectivity index (χ1v) is 5.14. The van der Waals surface area contributed by atoms with Crippen molar-refractivity contribution in [2.24, 2.45) is 0 Å². The van der Waals surface area contributed by atoms with Crippen LogP contribution < -0.4 is 0 Å². The molecule has 0 bridgehead atoms. The molecule has 0 aliphatic rings. The molecule has 4 nitrogen and oxygen atoms in total. The lowest BCUT2D eigenvalue weighted by molar-refractivity contribution is 0.0921. The summed E-state index contributed by atoms with van der Waals surface area (Å²) in [6, 6.07) is 0. The fourth-order valence-corrected chi connectivity index (χ4v) is 1.51. The van der Waals surface area contributed by atoms with Gasteiger partial charge in [0.1, 0.15) is 6.10 Å². The Balaban J connectivity index is 3.00. The number of ether oxygens (including phenoxy) is 1. The molecule has 1 aromatic heterocycles. The molecule has 0 amide bonds. The standard InChI is InChI=1S/C11H18N2O2/c1-5-10(15-4)11-12-6-9(8(3)14)7(2)13-11/h6,8,10,14H,5H2,1-4H3/t8-,10?/m1/s1. The van der Waals surface area contributed by atoms with Crippen molar-refractivity contribution in [2.75, 3.05) is 7.11 Å². The molecule has 0 aromatic carbocycles. The molecule has 0 fully saturated rings. The second-order valence-corrected chi connectivity index (χ2v) is 3.58. The molecule has 1 heterocycles. The van der Waals surface area contributed by atoms with E-state index in [1.807, 2.05) is 13.8 Å².